The van der Waals surface area contributed by atoms with Gasteiger partial charge in [0.25, 0.3) is 0 Å². The Morgan fingerprint density at radius 3 is 2.73 bits per heavy atom. The van der Waals surface area contributed by atoms with Gasteiger partial charge in [-0.2, -0.15) is 8.78 Å². The molecule has 0 unspecified atom stereocenters. The Morgan fingerprint density at radius 1 is 1.47 bits per heavy atom. The molecule has 1 aromatic carbocycles. The summed E-state index contributed by atoms with van der Waals surface area (Å²) in [6.07, 6.45) is 0.986. The molecule has 82 valence electrons. The van der Waals surface area contributed by atoms with E-state index in [1.54, 1.807) is 6.07 Å². The number of rotatable bonds is 4. The molecule has 0 saturated carbocycles. The van der Waals surface area contributed by atoms with Gasteiger partial charge in [0.1, 0.15) is 0 Å². The summed E-state index contributed by atoms with van der Waals surface area (Å²) in [7, 11) is 1.33. The SMILES string of the molecule is COc1cccc(/C=N\O)c1OC(F)F. The maximum atomic E-state index is 12.1. The van der Waals surface area contributed by atoms with Gasteiger partial charge >= 0.3 is 6.61 Å². The summed E-state index contributed by atoms with van der Waals surface area (Å²) in [6.45, 7) is -2.97. The highest BCUT2D eigenvalue weighted by molar-refractivity contribution is 5.84. The van der Waals surface area contributed by atoms with Crippen LogP contribution in [-0.2, 0) is 0 Å². The van der Waals surface area contributed by atoms with Crippen LogP contribution in [0.5, 0.6) is 11.5 Å². The van der Waals surface area contributed by atoms with Crippen molar-refractivity contribution in [1.82, 2.24) is 0 Å². The Labute approximate surface area is 84.7 Å². The van der Waals surface area contributed by atoms with Gasteiger partial charge in [-0.05, 0) is 12.1 Å². The van der Waals surface area contributed by atoms with Gasteiger partial charge in [0, 0.05) is 5.56 Å². The fourth-order valence-electron chi connectivity index (χ4n) is 1.07. The minimum absolute atomic E-state index is 0.146. The molecule has 15 heavy (non-hydrogen) atoms. The van der Waals surface area contributed by atoms with Crippen LogP contribution in [0.4, 0.5) is 8.78 Å². The number of para-hydroxylation sites is 1. The Balaban J connectivity index is 3.14. The molecule has 1 rings (SSSR count). The summed E-state index contributed by atoms with van der Waals surface area (Å²) in [6, 6.07) is 4.49. The van der Waals surface area contributed by atoms with Crippen LogP contribution in [0.25, 0.3) is 0 Å². The van der Waals surface area contributed by atoms with E-state index in [2.05, 4.69) is 9.89 Å². The first-order valence-electron chi connectivity index (χ1n) is 3.98. The molecule has 0 aliphatic carbocycles. The molecular formula is C9H9F2NO3. The average Bonchev–Trinajstić information content (AvgIpc) is 2.20. The minimum atomic E-state index is -2.97. The number of methoxy groups -OCH3 is 1. The van der Waals surface area contributed by atoms with Crippen LogP contribution in [0.1, 0.15) is 5.56 Å². The lowest BCUT2D eigenvalue weighted by Gasteiger charge is -2.11. The number of oxime groups is 1. The number of alkyl halides is 2. The standard InChI is InChI=1S/C9H9F2NO3/c1-14-7-4-2-3-6(5-12-13)8(7)15-9(10)11/h2-5,9,13H,1H3/b12-5-. The zero-order valence-corrected chi connectivity index (χ0v) is 7.85. The molecule has 0 saturated heterocycles. The highest BCUT2D eigenvalue weighted by Gasteiger charge is 2.13. The van der Waals surface area contributed by atoms with Gasteiger partial charge in [-0.25, -0.2) is 0 Å². The molecule has 0 fully saturated rings. The second kappa shape index (κ2) is 5.14. The van der Waals surface area contributed by atoms with Crippen molar-refractivity contribution in [3.63, 3.8) is 0 Å². The summed E-state index contributed by atoms with van der Waals surface area (Å²) in [4.78, 5) is 0. The number of benzene rings is 1. The molecule has 0 spiro atoms. The summed E-state index contributed by atoms with van der Waals surface area (Å²) < 4.78 is 33.2. The fraction of sp³-hybridized carbons (Fsp3) is 0.222. The molecule has 1 aromatic rings. The zero-order valence-electron chi connectivity index (χ0n) is 7.85. The highest BCUT2D eigenvalue weighted by atomic mass is 19.3. The predicted molar refractivity (Wildman–Crippen MR) is 49.0 cm³/mol. The van der Waals surface area contributed by atoms with E-state index in [4.69, 9.17) is 9.94 Å². The summed E-state index contributed by atoms with van der Waals surface area (Å²) in [5.41, 5.74) is 0.206. The molecule has 0 aliphatic rings. The van der Waals surface area contributed by atoms with Gasteiger partial charge in [0.2, 0.25) is 0 Å². The molecule has 0 aliphatic heterocycles. The molecule has 0 atom stereocenters. The lowest BCUT2D eigenvalue weighted by atomic mass is 10.2. The average molecular weight is 217 g/mol. The molecular weight excluding hydrogens is 208 g/mol. The third kappa shape index (κ3) is 2.80. The summed E-state index contributed by atoms with van der Waals surface area (Å²) in [5.74, 6) is -0.0134. The Hall–Kier alpha value is -1.85. The number of hydrogen-bond acceptors (Lipinski definition) is 4. The van der Waals surface area contributed by atoms with E-state index in [-0.39, 0.29) is 17.1 Å². The van der Waals surface area contributed by atoms with Crippen LogP contribution in [0.15, 0.2) is 23.4 Å². The summed E-state index contributed by atoms with van der Waals surface area (Å²) in [5, 5.41) is 11.1. The third-order valence-electron chi connectivity index (χ3n) is 1.63. The zero-order chi connectivity index (χ0) is 11.3. The molecule has 0 radical (unpaired) electrons. The van der Waals surface area contributed by atoms with Crippen molar-refractivity contribution in [3.8, 4) is 11.5 Å². The maximum Gasteiger partial charge on any atom is 0.387 e. The smallest absolute Gasteiger partial charge is 0.387 e. The Kier molecular flexibility index (Phi) is 3.84. The first kappa shape index (κ1) is 11.2. The van der Waals surface area contributed by atoms with Gasteiger partial charge in [0.15, 0.2) is 11.5 Å². The molecule has 1 N–H and O–H groups in total. The second-order valence-electron chi connectivity index (χ2n) is 2.50. The van der Waals surface area contributed by atoms with Crippen LogP contribution >= 0.6 is 0 Å². The van der Waals surface area contributed by atoms with Gasteiger partial charge < -0.3 is 14.7 Å². The lowest BCUT2D eigenvalue weighted by Crippen LogP contribution is -2.06. The van der Waals surface area contributed by atoms with Crippen molar-refractivity contribution in [2.75, 3.05) is 7.11 Å². The Morgan fingerprint density at radius 2 is 2.20 bits per heavy atom. The normalized spacial score (nSPS) is 10.9. The fourth-order valence-corrected chi connectivity index (χ4v) is 1.07. The van der Waals surface area contributed by atoms with Crippen molar-refractivity contribution >= 4 is 6.21 Å². The third-order valence-corrected chi connectivity index (χ3v) is 1.63. The number of ether oxygens (including phenoxy) is 2. The topological polar surface area (TPSA) is 51.0 Å². The lowest BCUT2D eigenvalue weighted by molar-refractivity contribution is -0.0513. The van der Waals surface area contributed by atoms with Crippen LogP contribution < -0.4 is 9.47 Å². The van der Waals surface area contributed by atoms with Crippen LogP contribution in [0, 0.1) is 0 Å². The van der Waals surface area contributed by atoms with Crippen LogP contribution in [0.2, 0.25) is 0 Å². The Bertz CT molecular complexity index is 355. The van der Waals surface area contributed by atoms with Crippen molar-refractivity contribution < 1.29 is 23.5 Å². The van der Waals surface area contributed by atoms with E-state index < -0.39 is 6.61 Å². The molecule has 6 heteroatoms. The molecule has 4 nitrogen and oxygen atoms in total. The van der Waals surface area contributed by atoms with E-state index in [1.807, 2.05) is 0 Å². The van der Waals surface area contributed by atoms with Crippen molar-refractivity contribution in [1.29, 1.82) is 0 Å². The van der Waals surface area contributed by atoms with E-state index >= 15 is 0 Å². The number of hydrogen-bond donors (Lipinski definition) is 1. The van der Waals surface area contributed by atoms with E-state index in [0.29, 0.717) is 0 Å². The minimum Gasteiger partial charge on any atom is -0.493 e. The van der Waals surface area contributed by atoms with Crippen LogP contribution in [-0.4, -0.2) is 25.1 Å². The van der Waals surface area contributed by atoms with E-state index in [1.165, 1.54) is 19.2 Å². The molecule has 0 amide bonds. The van der Waals surface area contributed by atoms with E-state index in [0.717, 1.165) is 6.21 Å². The van der Waals surface area contributed by atoms with Crippen molar-refractivity contribution in [2.24, 2.45) is 5.16 Å². The number of halogens is 2. The maximum absolute atomic E-state index is 12.1. The first-order valence-corrected chi connectivity index (χ1v) is 3.98. The molecule has 0 aromatic heterocycles. The van der Waals surface area contributed by atoms with Gasteiger partial charge in [-0.15, -0.1) is 0 Å². The quantitative estimate of drug-likeness (QED) is 0.477. The highest BCUT2D eigenvalue weighted by Crippen LogP contribution is 2.31. The summed E-state index contributed by atoms with van der Waals surface area (Å²) >= 11 is 0. The van der Waals surface area contributed by atoms with Crippen molar-refractivity contribution in [3.05, 3.63) is 23.8 Å². The van der Waals surface area contributed by atoms with Gasteiger partial charge in [-0.3, -0.25) is 0 Å². The van der Waals surface area contributed by atoms with E-state index in [9.17, 15) is 8.78 Å². The predicted octanol–water partition coefficient (Wildman–Crippen LogP) is 2.10. The van der Waals surface area contributed by atoms with Gasteiger partial charge in [-0.1, -0.05) is 11.2 Å². The second-order valence-corrected chi connectivity index (χ2v) is 2.50. The molecule has 0 heterocycles. The van der Waals surface area contributed by atoms with Crippen LogP contribution in [0.3, 0.4) is 0 Å². The number of nitrogens with zero attached hydrogens (tertiary/aromatic N) is 1. The largest absolute Gasteiger partial charge is 0.493 e. The molecule has 0 bridgehead atoms. The first-order chi connectivity index (χ1) is 7.19. The monoisotopic (exact) mass is 217 g/mol. The van der Waals surface area contributed by atoms with Crippen molar-refractivity contribution in [2.45, 2.75) is 6.61 Å². The van der Waals surface area contributed by atoms with Gasteiger partial charge in [0.05, 0.1) is 13.3 Å².